The lowest BCUT2D eigenvalue weighted by Gasteiger charge is -2.14. The van der Waals surface area contributed by atoms with Crippen LogP contribution in [0.3, 0.4) is 0 Å². The van der Waals surface area contributed by atoms with E-state index in [1.807, 2.05) is 13.8 Å². The second kappa shape index (κ2) is 4.94. The van der Waals surface area contributed by atoms with Crippen LogP contribution in [-0.2, 0) is 0 Å². The molecule has 4 heteroatoms. The molecule has 0 amide bonds. The summed E-state index contributed by atoms with van der Waals surface area (Å²) in [6.45, 7) is 9.78. The summed E-state index contributed by atoms with van der Waals surface area (Å²) >= 11 is 0. The number of carboxylic acids is 1. The van der Waals surface area contributed by atoms with Gasteiger partial charge in [0, 0.05) is 22.7 Å². The Morgan fingerprint density at radius 2 is 1.80 bits per heavy atom. The van der Waals surface area contributed by atoms with E-state index in [1.54, 1.807) is 19.1 Å². The first kappa shape index (κ1) is 14.6. The van der Waals surface area contributed by atoms with Gasteiger partial charge in [-0.15, -0.1) is 0 Å². The third-order valence-corrected chi connectivity index (χ3v) is 3.76. The molecule has 0 fully saturated rings. The van der Waals surface area contributed by atoms with Gasteiger partial charge in [0.25, 0.3) is 0 Å². The number of carboxylic acid groups (broad SMARTS) is 1. The van der Waals surface area contributed by atoms with E-state index in [0.717, 1.165) is 27.7 Å². The zero-order valence-corrected chi connectivity index (χ0v) is 12.6. The maximum absolute atomic E-state index is 11.2. The second-order valence-corrected chi connectivity index (χ2v) is 5.63. The molecule has 1 atom stereocenters. The lowest BCUT2D eigenvalue weighted by atomic mass is 10.0. The van der Waals surface area contributed by atoms with Crippen LogP contribution in [0, 0.1) is 13.8 Å². The number of nitrogens with zero attached hydrogens (tertiary/aromatic N) is 1. The molecule has 2 N–H and O–H groups in total. The number of aliphatic hydroxyl groups excluding tert-OH is 1. The van der Waals surface area contributed by atoms with E-state index in [2.05, 4.69) is 18.4 Å². The van der Waals surface area contributed by atoms with Crippen molar-refractivity contribution in [3.63, 3.8) is 0 Å². The van der Waals surface area contributed by atoms with Crippen molar-refractivity contribution in [2.45, 2.75) is 46.8 Å². The number of aryl methyl sites for hydroxylation is 1. The fraction of sp³-hybridized carbons (Fsp3) is 0.438. The molecule has 0 saturated carbocycles. The minimum Gasteiger partial charge on any atom is -0.478 e. The highest BCUT2D eigenvalue weighted by molar-refractivity contribution is 5.97. The van der Waals surface area contributed by atoms with Crippen molar-refractivity contribution in [1.29, 1.82) is 0 Å². The summed E-state index contributed by atoms with van der Waals surface area (Å²) in [5, 5.41) is 20.1. The summed E-state index contributed by atoms with van der Waals surface area (Å²) in [5.41, 5.74) is 4.01. The van der Waals surface area contributed by atoms with E-state index in [-0.39, 0.29) is 11.6 Å². The van der Waals surface area contributed by atoms with E-state index >= 15 is 0 Å². The number of carbonyl (C=O) groups is 1. The number of aromatic nitrogens is 1. The highest BCUT2D eigenvalue weighted by Gasteiger charge is 2.21. The number of fused-ring (bicyclic) bond motifs is 1. The number of hydrogen-bond donors (Lipinski definition) is 2. The lowest BCUT2D eigenvalue weighted by Crippen LogP contribution is -2.05. The predicted molar refractivity (Wildman–Crippen MR) is 79.4 cm³/mol. The van der Waals surface area contributed by atoms with Gasteiger partial charge in [0.15, 0.2) is 0 Å². The molecule has 1 unspecified atom stereocenters. The van der Waals surface area contributed by atoms with Crippen LogP contribution in [0.25, 0.3) is 10.9 Å². The number of rotatable bonds is 3. The average Bonchev–Trinajstić information content (AvgIpc) is 2.61. The van der Waals surface area contributed by atoms with Crippen molar-refractivity contribution >= 4 is 16.9 Å². The standard InChI is InChI=1S/C16H21NO3/c1-8(2)17-10(4)14(11(5)18)13-7-12(16(19)20)6-9(3)15(13)17/h6-8,11,18H,1-5H3,(H,19,20). The summed E-state index contributed by atoms with van der Waals surface area (Å²) < 4.78 is 2.17. The maximum atomic E-state index is 11.2. The van der Waals surface area contributed by atoms with Crippen molar-refractivity contribution < 1.29 is 15.0 Å². The molecule has 0 spiro atoms. The van der Waals surface area contributed by atoms with Crippen LogP contribution in [0.5, 0.6) is 0 Å². The molecule has 2 rings (SSSR count). The van der Waals surface area contributed by atoms with Gasteiger partial charge in [0.2, 0.25) is 0 Å². The van der Waals surface area contributed by atoms with E-state index in [0.29, 0.717) is 0 Å². The zero-order chi connectivity index (χ0) is 15.2. The van der Waals surface area contributed by atoms with Crippen molar-refractivity contribution in [2.75, 3.05) is 0 Å². The van der Waals surface area contributed by atoms with Gasteiger partial charge in [0.05, 0.1) is 17.2 Å². The fourth-order valence-electron chi connectivity index (χ4n) is 3.09. The smallest absolute Gasteiger partial charge is 0.335 e. The summed E-state index contributed by atoms with van der Waals surface area (Å²) in [6.07, 6.45) is -0.624. The highest BCUT2D eigenvalue weighted by atomic mass is 16.4. The molecular formula is C16H21NO3. The quantitative estimate of drug-likeness (QED) is 0.899. The second-order valence-electron chi connectivity index (χ2n) is 5.63. The lowest BCUT2D eigenvalue weighted by molar-refractivity contribution is 0.0697. The Morgan fingerprint density at radius 3 is 2.25 bits per heavy atom. The normalized spacial score (nSPS) is 13.2. The van der Waals surface area contributed by atoms with Gasteiger partial charge in [-0.25, -0.2) is 4.79 Å². The number of benzene rings is 1. The van der Waals surface area contributed by atoms with Gasteiger partial charge in [-0.3, -0.25) is 0 Å². The molecule has 1 aromatic carbocycles. The van der Waals surface area contributed by atoms with E-state index in [9.17, 15) is 15.0 Å². The van der Waals surface area contributed by atoms with Gasteiger partial charge >= 0.3 is 5.97 Å². The van der Waals surface area contributed by atoms with Crippen molar-refractivity contribution in [3.8, 4) is 0 Å². The first-order valence-corrected chi connectivity index (χ1v) is 6.82. The van der Waals surface area contributed by atoms with Crippen LogP contribution in [-0.4, -0.2) is 20.7 Å². The molecule has 0 aliphatic rings. The monoisotopic (exact) mass is 275 g/mol. The van der Waals surface area contributed by atoms with Crippen LogP contribution in [0.2, 0.25) is 0 Å². The van der Waals surface area contributed by atoms with Crippen LogP contribution >= 0.6 is 0 Å². The Balaban J connectivity index is 2.97. The maximum Gasteiger partial charge on any atom is 0.335 e. The van der Waals surface area contributed by atoms with Gasteiger partial charge in [-0.05, 0) is 52.3 Å². The molecule has 0 aliphatic heterocycles. The van der Waals surface area contributed by atoms with E-state index in [1.165, 1.54) is 0 Å². The predicted octanol–water partition coefficient (Wildman–Crippen LogP) is 3.59. The topological polar surface area (TPSA) is 62.5 Å². The van der Waals surface area contributed by atoms with Crippen molar-refractivity contribution in [2.24, 2.45) is 0 Å². The number of hydrogen-bond acceptors (Lipinski definition) is 2. The largest absolute Gasteiger partial charge is 0.478 e. The zero-order valence-electron chi connectivity index (χ0n) is 12.6. The van der Waals surface area contributed by atoms with Gasteiger partial charge in [-0.2, -0.15) is 0 Å². The Morgan fingerprint density at radius 1 is 1.20 bits per heavy atom. The Hall–Kier alpha value is -1.81. The van der Waals surface area contributed by atoms with E-state index < -0.39 is 12.1 Å². The van der Waals surface area contributed by atoms with Crippen LogP contribution in [0.15, 0.2) is 12.1 Å². The average molecular weight is 275 g/mol. The van der Waals surface area contributed by atoms with Gasteiger partial charge in [0.1, 0.15) is 0 Å². The third-order valence-electron chi connectivity index (χ3n) is 3.76. The third kappa shape index (κ3) is 2.10. The molecule has 0 aliphatic carbocycles. The molecule has 2 aromatic rings. The highest BCUT2D eigenvalue weighted by Crippen LogP contribution is 2.35. The first-order chi connectivity index (χ1) is 9.25. The van der Waals surface area contributed by atoms with Crippen molar-refractivity contribution in [1.82, 2.24) is 4.57 Å². The molecule has 4 nitrogen and oxygen atoms in total. The SMILES string of the molecule is Cc1cc(C(=O)O)cc2c(C(C)O)c(C)n(C(C)C)c12. The molecule has 0 bridgehead atoms. The Kier molecular flexibility index (Phi) is 3.61. The Labute approximate surface area is 118 Å². The minimum absolute atomic E-state index is 0.249. The van der Waals surface area contributed by atoms with Gasteiger partial charge in [-0.1, -0.05) is 0 Å². The fourth-order valence-corrected chi connectivity index (χ4v) is 3.09. The van der Waals surface area contributed by atoms with E-state index in [4.69, 9.17) is 0 Å². The summed E-state index contributed by atoms with van der Waals surface area (Å²) in [5.74, 6) is -0.943. The molecule has 20 heavy (non-hydrogen) atoms. The molecular weight excluding hydrogens is 254 g/mol. The summed E-state index contributed by atoms with van der Waals surface area (Å²) in [6, 6.07) is 3.60. The molecule has 108 valence electrons. The first-order valence-electron chi connectivity index (χ1n) is 6.82. The van der Waals surface area contributed by atoms with Gasteiger partial charge < -0.3 is 14.8 Å². The molecule has 1 heterocycles. The summed E-state index contributed by atoms with van der Waals surface area (Å²) in [7, 11) is 0. The molecule has 0 radical (unpaired) electrons. The van der Waals surface area contributed by atoms with Crippen LogP contribution in [0.4, 0.5) is 0 Å². The number of aromatic carboxylic acids is 1. The van der Waals surface area contributed by atoms with Crippen LogP contribution in [0.1, 0.15) is 60.1 Å². The number of aliphatic hydroxyl groups is 1. The minimum atomic E-state index is -0.943. The molecule has 0 saturated heterocycles. The van der Waals surface area contributed by atoms with Crippen LogP contribution < -0.4 is 0 Å². The Bertz CT molecular complexity index is 681. The van der Waals surface area contributed by atoms with Crippen molar-refractivity contribution in [3.05, 3.63) is 34.5 Å². The molecule has 1 aromatic heterocycles. The summed E-state index contributed by atoms with van der Waals surface area (Å²) in [4.78, 5) is 11.2.